The van der Waals surface area contributed by atoms with E-state index in [0.29, 0.717) is 0 Å². The lowest BCUT2D eigenvalue weighted by molar-refractivity contribution is 0.174. The van der Waals surface area contributed by atoms with Crippen LogP contribution in [0.5, 0.6) is 0 Å². The van der Waals surface area contributed by atoms with Crippen LogP contribution in [0.3, 0.4) is 0 Å². The predicted molar refractivity (Wildman–Crippen MR) is 67.0 cm³/mol. The second-order valence-corrected chi connectivity index (χ2v) is 3.85. The number of aliphatic hydroxyl groups excluding tert-OH is 2. The van der Waals surface area contributed by atoms with Gasteiger partial charge in [0, 0.05) is 0 Å². The zero-order chi connectivity index (χ0) is 12.1. The number of hydrogen-bond acceptors (Lipinski definition) is 2. The van der Waals surface area contributed by atoms with Gasteiger partial charge in [-0.15, -0.1) is 6.58 Å². The highest BCUT2D eigenvalue weighted by molar-refractivity contribution is 4.81. The fourth-order valence-electron chi connectivity index (χ4n) is 0.887. The summed E-state index contributed by atoms with van der Waals surface area (Å²) >= 11 is 0. The molecule has 0 rings (SSSR count). The Labute approximate surface area is 94.3 Å². The van der Waals surface area contributed by atoms with Crippen LogP contribution in [0.15, 0.2) is 25.0 Å². The molecule has 0 aromatic heterocycles. The van der Waals surface area contributed by atoms with E-state index >= 15 is 0 Å². The lowest BCUT2D eigenvalue weighted by Crippen LogP contribution is -2.02. The van der Waals surface area contributed by atoms with Crippen molar-refractivity contribution >= 4 is 0 Å². The summed E-state index contributed by atoms with van der Waals surface area (Å²) in [4.78, 5) is 0. The molecule has 0 aromatic carbocycles. The monoisotopic (exact) mass is 214 g/mol. The minimum absolute atomic E-state index is 0.112. The summed E-state index contributed by atoms with van der Waals surface area (Å²) in [6, 6.07) is 0. The van der Waals surface area contributed by atoms with Gasteiger partial charge in [0.25, 0.3) is 0 Å². The minimum atomic E-state index is -0.112. The van der Waals surface area contributed by atoms with E-state index in [9.17, 15) is 0 Å². The lowest BCUT2D eigenvalue weighted by Gasteiger charge is -2.08. The quantitative estimate of drug-likeness (QED) is 0.521. The first-order valence-corrected chi connectivity index (χ1v) is 5.66. The Bertz CT molecular complexity index is 151. The molecule has 0 aliphatic rings. The highest BCUT2D eigenvalue weighted by atomic mass is 16.3. The minimum Gasteiger partial charge on any atom is -0.516 e. The van der Waals surface area contributed by atoms with Gasteiger partial charge in [-0.2, -0.15) is 0 Å². The smallest absolute Gasteiger partial charge is 0.0754 e. The van der Waals surface area contributed by atoms with Gasteiger partial charge in [-0.3, -0.25) is 0 Å². The van der Waals surface area contributed by atoms with E-state index in [0.717, 1.165) is 31.4 Å². The standard InChI is InChI=1S/C8H18O.C5H8O/c1-4-7(2)5-6-8(3)9;1-2-3-4-5-6/h7-9H,4-6H2,1-3H3;2,4-6H,1,3H2. The molecule has 0 spiro atoms. The molecule has 2 nitrogen and oxygen atoms in total. The van der Waals surface area contributed by atoms with Gasteiger partial charge in [-0.1, -0.05) is 26.3 Å². The molecule has 90 valence electrons. The van der Waals surface area contributed by atoms with Crippen molar-refractivity contribution in [3.8, 4) is 0 Å². The summed E-state index contributed by atoms with van der Waals surface area (Å²) in [6.45, 7) is 9.70. The van der Waals surface area contributed by atoms with Crippen molar-refractivity contribution in [1.29, 1.82) is 0 Å². The Morgan fingerprint density at radius 1 is 1.27 bits per heavy atom. The van der Waals surface area contributed by atoms with Crippen molar-refractivity contribution in [2.75, 3.05) is 0 Å². The average Bonchev–Trinajstić information content (AvgIpc) is 2.23. The molecule has 2 unspecified atom stereocenters. The van der Waals surface area contributed by atoms with Crippen LogP contribution < -0.4 is 0 Å². The third-order valence-corrected chi connectivity index (χ3v) is 2.18. The van der Waals surface area contributed by atoms with Crippen molar-refractivity contribution < 1.29 is 10.2 Å². The van der Waals surface area contributed by atoms with E-state index in [-0.39, 0.29) is 6.10 Å². The number of allylic oxidation sites excluding steroid dienone is 2. The van der Waals surface area contributed by atoms with Gasteiger partial charge < -0.3 is 10.2 Å². The van der Waals surface area contributed by atoms with Crippen molar-refractivity contribution in [2.24, 2.45) is 5.92 Å². The molecule has 0 fully saturated rings. The van der Waals surface area contributed by atoms with E-state index in [1.54, 1.807) is 12.2 Å². The lowest BCUT2D eigenvalue weighted by atomic mass is 10.0. The second kappa shape index (κ2) is 13.2. The van der Waals surface area contributed by atoms with Crippen molar-refractivity contribution in [1.82, 2.24) is 0 Å². The van der Waals surface area contributed by atoms with Crippen LogP contribution in [0.25, 0.3) is 0 Å². The molecule has 0 bridgehead atoms. The highest BCUT2D eigenvalue weighted by Crippen LogP contribution is 2.10. The molecule has 0 aliphatic heterocycles. The third kappa shape index (κ3) is 19.6. The zero-order valence-corrected chi connectivity index (χ0v) is 10.3. The Morgan fingerprint density at radius 3 is 2.13 bits per heavy atom. The molecular weight excluding hydrogens is 188 g/mol. The van der Waals surface area contributed by atoms with E-state index < -0.39 is 0 Å². The number of rotatable bonds is 6. The van der Waals surface area contributed by atoms with Gasteiger partial charge >= 0.3 is 0 Å². The van der Waals surface area contributed by atoms with E-state index in [1.165, 1.54) is 6.42 Å². The first kappa shape index (κ1) is 16.7. The van der Waals surface area contributed by atoms with Crippen LogP contribution >= 0.6 is 0 Å². The predicted octanol–water partition coefficient (Wildman–Crippen LogP) is 3.83. The van der Waals surface area contributed by atoms with Crippen LogP contribution in [0.2, 0.25) is 0 Å². The van der Waals surface area contributed by atoms with Crippen LogP contribution in [0.4, 0.5) is 0 Å². The summed E-state index contributed by atoms with van der Waals surface area (Å²) in [6.07, 6.45) is 8.33. The molecule has 0 aliphatic carbocycles. The van der Waals surface area contributed by atoms with Crippen LogP contribution in [-0.4, -0.2) is 16.3 Å². The summed E-state index contributed by atoms with van der Waals surface area (Å²) in [5, 5.41) is 16.9. The van der Waals surface area contributed by atoms with Gasteiger partial charge in [0.15, 0.2) is 0 Å². The fraction of sp³-hybridized carbons (Fsp3) is 0.692. The maximum absolute atomic E-state index is 8.90. The van der Waals surface area contributed by atoms with E-state index in [4.69, 9.17) is 10.2 Å². The van der Waals surface area contributed by atoms with E-state index in [1.807, 2.05) is 6.92 Å². The molecule has 15 heavy (non-hydrogen) atoms. The first-order valence-electron chi connectivity index (χ1n) is 5.66. The van der Waals surface area contributed by atoms with Crippen LogP contribution in [0.1, 0.15) is 46.5 Å². The molecule has 0 aromatic rings. The fourth-order valence-corrected chi connectivity index (χ4v) is 0.887. The van der Waals surface area contributed by atoms with Crippen LogP contribution in [-0.2, 0) is 0 Å². The topological polar surface area (TPSA) is 40.5 Å². The Hall–Kier alpha value is -0.760. The number of hydrogen-bond donors (Lipinski definition) is 2. The summed E-state index contributed by atoms with van der Waals surface area (Å²) in [5.74, 6) is 0.777. The summed E-state index contributed by atoms with van der Waals surface area (Å²) in [7, 11) is 0. The normalized spacial score (nSPS) is 14.1. The molecule has 0 radical (unpaired) electrons. The largest absolute Gasteiger partial charge is 0.516 e. The van der Waals surface area contributed by atoms with Gasteiger partial charge in [0.2, 0.25) is 0 Å². The van der Waals surface area contributed by atoms with E-state index in [2.05, 4.69) is 20.4 Å². The maximum Gasteiger partial charge on any atom is 0.0754 e. The molecule has 0 heterocycles. The van der Waals surface area contributed by atoms with Crippen LogP contribution in [0, 0.1) is 5.92 Å². The number of aliphatic hydroxyl groups is 2. The van der Waals surface area contributed by atoms with Gasteiger partial charge in [-0.05, 0) is 38.2 Å². The average molecular weight is 214 g/mol. The Balaban J connectivity index is 0. The SMILES string of the molecule is C=CCC=CO.CCC(C)CCC(C)O. The van der Waals surface area contributed by atoms with Crippen molar-refractivity contribution in [3.63, 3.8) is 0 Å². The van der Waals surface area contributed by atoms with Crippen molar-refractivity contribution in [2.45, 2.75) is 52.6 Å². The summed E-state index contributed by atoms with van der Waals surface area (Å²) in [5.41, 5.74) is 0. The molecular formula is C13H26O2. The van der Waals surface area contributed by atoms with Gasteiger partial charge in [-0.25, -0.2) is 0 Å². The molecule has 0 saturated heterocycles. The Kier molecular flexibility index (Phi) is 14.7. The van der Waals surface area contributed by atoms with Crippen molar-refractivity contribution in [3.05, 3.63) is 25.0 Å². The highest BCUT2D eigenvalue weighted by Gasteiger charge is 2.00. The zero-order valence-electron chi connectivity index (χ0n) is 10.3. The maximum atomic E-state index is 8.90. The third-order valence-electron chi connectivity index (χ3n) is 2.18. The van der Waals surface area contributed by atoms with Gasteiger partial charge in [0.05, 0.1) is 12.4 Å². The molecule has 0 saturated carbocycles. The van der Waals surface area contributed by atoms with Gasteiger partial charge in [0.1, 0.15) is 0 Å². The second-order valence-electron chi connectivity index (χ2n) is 3.85. The summed E-state index contributed by atoms with van der Waals surface area (Å²) < 4.78 is 0. The molecule has 0 amide bonds. The molecule has 2 atom stereocenters. The Morgan fingerprint density at radius 2 is 1.87 bits per heavy atom. The molecule has 2 N–H and O–H groups in total. The molecule has 2 heteroatoms. The first-order chi connectivity index (χ1) is 7.08.